The summed E-state index contributed by atoms with van der Waals surface area (Å²) in [5, 5.41) is 0. The molecule has 0 spiro atoms. The monoisotopic (exact) mass is 437 g/mol. The van der Waals surface area contributed by atoms with E-state index >= 15 is 0 Å². The summed E-state index contributed by atoms with van der Waals surface area (Å²) in [6, 6.07) is 4.77. The standard InChI is InChI=1S/C20H27N3O6S/c1-3-29-20(26)22-11-9-21(10-12-22)19(25)7-13-30(27,28)17-4-5-18-16(14-17)6-8-23(18)15(2)24/h4-5,14H,3,6-13H2,1-2H3. The maximum Gasteiger partial charge on any atom is 0.409 e. The Morgan fingerprint density at radius 3 is 2.33 bits per heavy atom. The zero-order valence-electron chi connectivity index (χ0n) is 17.3. The highest BCUT2D eigenvalue weighted by molar-refractivity contribution is 7.91. The molecule has 0 N–H and O–H groups in total. The Balaban J connectivity index is 1.56. The molecule has 30 heavy (non-hydrogen) atoms. The third-order valence-corrected chi connectivity index (χ3v) is 7.14. The van der Waals surface area contributed by atoms with Gasteiger partial charge in [-0.3, -0.25) is 9.59 Å². The van der Waals surface area contributed by atoms with E-state index in [1.807, 2.05) is 0 Å². The molecular formula is C20H27N3O6S. The predicted octanol–water partition coefficient (Wildman–Crippen LogP) is 1.06. The zero-order chi connectivity index (χ0) is 21.9. The summed E-state index contributed by atoms with van der Waals surface area (Å²) in [5.74, 6) is -0.594. The van der Waals surface area contributed by atoms with Gasteiger partial charge >= 0.3 is 6.09 Å². The van der Waals surface area contributed by atoms with Crippen LogP contribution in [0.2, 0.25) is 0 Å². The highest BCUT2D eigenvalue weighted by Gasteiger charge is 2.28. The molecule has 164 valence electrons. The third-order valence-electron chi connectivity index (χ3n) is 5.43. The number of hydrogen-bond acceptors (Lipinski definition) is 6. The zero-order valence-corrected chi connectivity index (χ0v) is 18.1. The maximum absolute atomic E-state index is 12.7. The van der Waals surface area contributed by atoms with Crippen LogP contribution in [0.1, 0.15) is 25.8 Å². The number of nitrogens with zero attached hydrogens (tertiary/aromatic N) is 3. The number of carbonyl (C=O) groups excluding carboxylic acids is 3. The molecular weight excluding hydrogens is 410 g/mol. The Kier molecular flexibility index (Phi) is 6.64. The minimum absolute atomic E-state index is 0.0713. The number of anilines is 1. The molecule has 0 aliphatic carbocycles. The van der Waals surface area contributed by atoms with Crippen molar-refractivity contribution in [3.8, 4) is 0 Å². The minimum atomic E-state index is -3.62. The van der Waals surface area contributed by atoms with Crippen LogP contribution in [0.4, 0.5) is 10.5 Å². The van der Waals surface area contributed by atoms with Crippen LogP contribution in [-0.2, 0) is 30.6 Å². The van der Waals surface area contributed by atoms with E-state index in [1.165, 1.54) is 13.0 Å². The van der Waals surface area contributed by atoms with E-state index in [1.54, 1.807) is 33.8 Å². The van der Waals surface area contributed by atoms with Gasteiger partial charge in [0, 0.05) is 51.8 Å². The Labute approximate surface area is 176 Å². The number of ether oxygens (including phenoxy) is 1. The quantitative estimate of drug-likeness (QED) is 0.682. The Morgan fingerprint density at radius 1 is 1.03 bits per heavy atom. The van der Waals surface area contributed by atoms with Crippen molar-refractivity contribution in [1.29, 1.82) is 0 Å². The summed E-state index contributed by atoms with van der Waals surface area (Å²) in [7, 11) is -3.62. The van der Waals surface area contributed by atoms with E-state index in [-0.39, 0.29) is 28.9 Å². The summed E-state index contributed by atoms with van der Waals surface area (Å²) in [6.07, 6.45) is 0.104. The van der Waals surface area contributed by atoms with Gasteiger partial charge in [0.2, 0.25) is 11.8 Å². The van der Waals surface area contributed by atoms with Gasteiger partial charge in [0.25, 0.3) is 0 Å². The van der Waals surface area contributed by atoms with Gasteiger partial charge in [-0.2, -0.15) is 0 Å². The number of benzene rings is 1. The van der Waals surface area contributed by atoms with Crippen LogP contribution in [0, 0.1) is 0 Å². The van der Waals surface area contributed by atoms with Gasteiger partial charge in [-0.05, 0) is 37.1 Å². The molecule has 1 aromatic carbocycles. The molecule has 1 saturated heterocycles. The van der Waals surface area contributed by atoms with E-state index in [9.17, 15) is 22.8 Å². The molecule has 3 amide bonds. The molecule has 0 radical (unpaired) electrons. The van der Waals surface area contributed by atoms with E-state index in [0.717, 1.165) is 11.3 Å². The van der Waals surface area contributed by atoms with Crippen LogP contribution in [0.3, 0.4) is 0 Å². The van der Waals surface area contributed by atoms with Gasteiger partial charge < -0.3 is 19.4 Å². The molecule has 0 aromatic heterocycles. The highest BCUT2D eigenvalue weighted by atomic mass is 32.2. The molecule has 3 rings (SSSR count). The van der Waals surface area contributed by atoms with Gasteiger partial charge in [-0.1, -0.05) is 0 Å². The minimum Gasteiger partial charge on any atom is -0.450 e. The van der Waals surface area contributed by atoms with Gasteiger partial charge in [-0.25, -0.2) is 13.2 Å². The molecule has 2 heterocycles. The second-order valence-corrected chi connectivity index (χ2v) is 9.46. The summed E-state index contributed by atoms with van der Waals surface area (Å²) in [6.45, 7) is 5.52. The van der Waals surface area contributed by atoms with Gasteiger partial charge in [0.15, 0.2) is 9.84 Å². The topological polar surface area (TPSA) is 104 Å². The first-order valence-corrected chi connectivity index (χ1v) is 11.7. The van der Waals surface area contributed by atoms with Crippen LogP contribution in [0.25, 0.3) is 0 Å². The Hall–Kier alpha value is -2.62. The largest absolute Gasteiger partial charge is 0.450 e. The van der Waals surface area contributed by atoms with Gasteiger partial charge in [0.05, 0.1) is 17.3 Å². The highest BCUT2D eigenvalue weighted by Crippen LogP contribution is 2.30. The van der Waals surface area contributed by atoms with Crippen LogP contribution >= 0.6 is 0 Å². The number of carbonyl (C=O) groups is 3. The lowest BCUT2D eigenvalue weighted by Gasteiger charge is -2.34. The first-order chi connectivity index (χ1) is 14.2. The van der Waals surface area contributed by atoms with E-state index in [2.05, 4.69) is 0 Å². The average molecular weight is 438 g/mol. The number of rotatable bonds is 5. The fraction of sp³-hybridized carbons (Fsp3) is 0.550. The van der Waals surface area contributed by atoms with Crippen molar-refractivity contribution in [2.75, 3.05) is 50.0 Å². The summed E-state index contributed by atoms with van der Waals surface area (Å²) < 4.78 is 30.4. The number of fused-ring (bicyclic) bond motifs is 1. The van der Waals surface area contributed by atoms with Crippen LogP contribution < -0.4 is 4.90 Å². The summed E-state index contributed by atoms with van der Waals surface area (Å²) >= 11 is 0. The van der Waals surface area contributed by atoms with Crippen molar-refractivity contribution < 1.29 is 27.5 Å². The molecule has 0 unspecified atom stereocenters. The number of piperazine rings is 1. The smallest absolute Gasteiger partial charge is 0.409 e. The molecule has 0 bridgehead atoms. The lowest BCUT2D eigenvalue weighted by atomic mass is 10.2. The van der Waals surface area contributed by atoms with Gasteiger partial charge in [0.1, 0.15) is 0 Å². The van der Waals surface area contributed by atoms with E-state index in [4.69, 9.17) is 4.74 Å². The van der Waals surface area contributed by atoms with E-state index < -0.39 is 15.9 Å². The fourth-order valence-corrected chi connectivity index (χ4v) is 5.03. The number of hydrogen-bond donors (Lipinski definition) is 0. The molecule has 10 heteroatoms. The van der Waals surface area contributed by atoms with Crippen LogP contribution in [0.15, 0.2) is 23.1 Å². The average Bonchev–Trinajstić information content (AvgIpc) is 3.16. The lowest BCUT2D eigenvalue weighted by molar-refractivity contribution is -0.132. The van der Waals surface area contributed by atoms with Crippen molar-refractivity contribution in [3.05, 3.63) is 23.8 Å². The summed E-state index contributed by atoms with van der Waals surface area (Å²) in [5.41, 5.74) is 1.57. The molecule has 1 fully saturated rings. The molecule has 0 atom stereocenters. The predicted molar refractivity (Wildman–Crippen MR) is 110 cm³/mol. The van der Waals surface area contributed by atoms with Crippen molar-refractivity contribution >= 4 is 33.4 Å². The van der Waals surface area contributed by atoms with Crippen molar-refractivity contribution in [3.63, 3.8) is 0 Å². The van der Waals surface area contributed by atoms with Crippen molar-refractivity contribution in [2.45, 2.75) is 31.6 Å². The molecule has 2 aliphatic rings. The molecule has 1 aromatic rings. The molecule has 2 aliphatic heterocycles. The normalized spacial score (nSPS) is 16.4. The number of sulfone groups is 1. The Morgan fingerprint density at radius 2 is 1.70 bits per heavy atom. The maximum atomic E-state index is 12.7. The molecule has 0 saturated carbocycles. The second-order valence-electron chi connectivity index (χ2n) is 7.35. The lowest BCUT2D eigenvalue weighted by Crippen LogP contribution is -2.50. The summed E-state index contributed by atoms with van der Waals surface area (Å²) in [4.78, 5) is 40.8. The van der Waals surface area contributed by atoms with Crippen molar-refractivity contribution in [1.82, 2.24) is 9.80 Å². The Bertz CT molecular complexity index is 938. The van der Waals surface area contributed by atoms with Crippen molar-refractivity contribution in [2.24, 2.45) is 0 Å². The SMILES string of the molecule is CCOC(=O)N1CCN(C(=O)CCS(=O)(=O)c2ccc3c(c2)CCN3C(C)=O)CC1. The number of amides is 3. The van der Waals surface area contributed by atoms with Crippen LogP contribution in [0.5, 0.6) is 0 Å². The third kappa shape index (κ3) is 4.75. The fourth-order valence-electron chi connectivity index (χ4n) is 3.75. The molecule has 9 nitrogen and oxygen atoms in total. The first kappa shape index (κ1) is 22.1. The first-order valence-electron chi connectivity index (χ1n) is 10.1. The van der Waals surface area contributed by atoms with E-state index in [0.29, 0.717) is 45.8 Å². The van der Waals surface area contributed by atoms with Crippen LogP contribution in [-0.4, -0.2) is 81.2 Å². The second kappa shape index (κ2) is 9.03. The van der Waals surface area contributed by atoms with Gasteiger partial charge in [-0.15, -0.1) is 0 Å².